The van der Waals surface area contributed by atoms with Crippen LogP contribution in [0.4, 0.5) is 4.39 Å². The van der Waals surface area contributed by atoms with Gasteiger partial charge in [0.25, 0.3) is 0 Å². The van der Waals surface area contributed by atoms with E-state index in [0.717, 1.165) is 24.7 Å². The summed E-state index contributed by atoms with van der Waals surface area (Å²) < 4.78 is 17.9. The van der Waals surface area contributed by atoms with E-state index in [4.69, 9.17) is 4.74 Å². The summed E-state index contributed by atoms with van der Waals surface area (Å²) in [5.74, 6) is -0.187. The lowest BCUT2D eigenvalue weighted by molar-refractivity contribution is -0.109. The minimum absolute atomic E-state index is 0.204. The Morgan fingerprint density at radius 3 is 2.71 bits per heavy atom. The number of methoxy groups -OCH3 is 1. The molecule has 1 fully saturated rings. The van der Waals surface area contributed by atoms with Gasteiger partial charge in [0.1, 0.15) is 6.29 Å². The predicted octanol–water partition coefficient (Wildman–Crippen LogP) is 2.06. The van der Waals surface area contributed by atoms with Crippen LogP contribution in [0.3, 0.4) is 0 Å². The maximum atomic E-state index is 13.1. The highest BCUT2D eigenvalue weighted by molar-refractivity contribution is 5.73. The van der Waals surface area contributed by atoms with E-state index in [2.05, 4.69) is 0 Å². The Hall–Kier alpha value is -1.38. The van der Waals surface area contributed by atoms with E-state index in [1.807, 2.05) is 0 Å². The summed E-state index contributed by atoms with van der Waals surface area (Å²) in [7, 11) is 1.42. The van der Waals surface area contributed by atoms with E-state index < -0.39 is 5.82 Å². The Bertz CT molecular complexity index is 370. The fourth-order valence-corrected chi connectivity index (χ4v) is 1.58. The van der Waals surface area contributed by atoms with Crippen molar-refractivity contribution in [1.82, 2.24) is 0 Å². The summed E-state index contributed by atoms with van der Waals surface area (Å²) in [6.45, 7) is 0. The Balaban J connectivity index is 2.41. The summed E-state index contributed by atoms with van der Waals surface area (Å²) in [5, 5.41) is 0. The number of benzene rings is 1. The Kier molecular flexibility index (Phi) is 2.02. The fourth-order valence-electron chi connectivity index (χ4n) is 1.58. The first kappa shape index (κ1) is 9.19. The summed E-state index contributed by atoms with van der Waals surface area (Å²) in [6, 6.07) is 4.60. The van der Waals surface area contributed by atoms with Crippen molar-refractivity contribution in [2.24, 2.45) is 0 Å². The van der Waals surface area contributed by atoms with E-state index in [0.29, 0.717) is 0 Å². The number of halogens is 1. The molecule has 0 bridgehead atoms. The minimum Gasteiger partial charge on any atom is -0.494 e. The summed E-state index contributed by atoms with van der Waals surface area (Å²) in [5.41, 5.74) is 0.492. The van der Waals surface area contributed by atoms with Crippen molar-refractivity contribution in [2.45, 2.75) is 18.3 Å². The first-order valence-electron chi connectivity index (χ1n) is 4.52. The molecule has 74 valence electrons. The molecule has 1 aromatic carbocycles. The second-order valence-corrected chi connectivity index (χ2v) is 3.62. The van der Waals surface area contributed by atoms with Gasteiger partial charge < -0.3 is 9.53 Å². The molecule has 0 unspecified atom stereocenters. The number of carbonyl (C=O) groups is 1. The van der Waals surface area contributed by atoms with E-state index >= 15 is 0 Å². The van der Waals surface area contributed by atoms with Crippen LogP contribution in [0.2, 0.25) is 0 Å². The highest BCUT2D eigenvalue weighted by atomic mass is 19.1. The third-order valence-electron chi connectivity index (χ3n) is 2.74. The molecule has 14 heavy (non-hydrogen) atoms. The van der Waals surface area contributed by atoms with Crippen LogP contribution in [0.25, 0.3) is 0 Å². The minimum atomic E-state index is -0.391. The number of hydrogen-bond donors (Lipinski definition) is 0. The molecular formula is C11H11FO2. The Labute approximate surface area is 81.7 Å². The molecule has 3 heteroatoms. The molecule has 1 aliphatic carbocycles. The van der Waals surface area contributed by atoms with Crippen molar-refractivity contribution in [3.05, 3.63) is 29.6 Å². The maximum Gasteiger partial charge on any atom is 0.165 e. The quantitative estimate of drug-likeness (QED) is 0.688. The van der Waals surface area contributed by atoms with Crippen LogP contribution in [0.15, 0.2) is 18.2 Å². The van der Waals surface area contributed by atoms with Gasteiger partial charge in [-0.2, -0.15) is 0 Å². The molecule has 0 amide bonds. The predicted molar refractivity (Wildman–Crippen MR) is 49.9 cm³/mol. The average molecular weight is 194 g/mol. The zero-order chi connectivity index (χ0) is 10.2. The van der Waals surface area contributed by atoms with Gasteiger partial charge in [-0.15, -0.1) is 0 Å². The molecule has 0 N–H and O–H groups in total. The maximum absolute atomic E-state index is 13.1. The first-order chi connectivity index (χ1) is 6.72. The second kappa shape index (κ2) is 3.08. The number of hydrogen-bond acceptors (Lipinski definition) is 2. The normalized spacial score (nSPS) is 17.6. The molecule has 0 aromatic heterocycles. The van der Waals surface area contributed by atoms with Gasteiger partial charge in [-0.05, 0) is 30.5 Å². The molecule has 1 aliphatic rings. The molecule has 0 heterocycles. The van der Waals surface area contributed by atoms with Crippen LogP contribution in [-0.2, 0) is 10.2 Å². The molecule has 0 saturated heterocycles. The number of ether oxygens (including phenoxy) is 1. The summed E-state index contributed by atoms with van der Waals surface area (Å²) >= 11 is 0. The summed E-state index contributed by atoms with van der Waals surface area (Å²) in [6.07, 6.45) is 2.65. The van der Waals surface area contributed by atoms with Crippen LogP contribution in [0.1, 0.15) is 18.4 Å². The lowest BCUT2D eigenvalue weighted by Gasteiger charge is -2.09. The highest BCUT2D eigenvalue weighted by Crippen LogP contribution is 2.47. The molecule has 0 radical (unpaired) electrons. The first-order valence-corrected chi connectivity index (χ1v) is 4.52. The van der Waals surface area contributed by atoms with Crippen molar-refractivity contribution >= 4 is 6.29 Å². The average Bonchev–Trinajstić information content (AvgIpc) is 2.99. The lowest BCUT2D eigenvalue weighted by atomic mass is 9.97. The van der Waals surface area contributed by atoms with Crippen molar-refractivity contribution in [3.63, 3.8) is 0 Å². The van der Waals surface area contributed by atoms with E-state index in [1.54, 1.807) is 12.1 Å². The summed E-state index contributed by atoms with van der Waals surface area (Å²) in [4.78, 5) is 10.8. The van der Waals surface area contributed by atoms with E-state index in [1.165, 1.54) is 13.2 Å². The molecule has 0 atom stereocenters. The van der Waals surface area contributed by atoms with Crippen molar-refractivity contribution in [3.8, 4) is 5.75 Å². The smallest absolute Gasteiger partial charge is 0.165 e. The van der Waals surface area contributed by atoms with Gasteiger partial charge in [0.05, 0.1) is 12.5 Å². The topological polar surface area (TPSA) is 26.3 Å². The molecule has 0 spiro atoms. The van der Waals surface area contributed by atoms with Crippen molar-refractivity contribution in [2.75, 3.05) is 7.11 Å². The zero-order valence-electron chi connectivity index (χ0n) is 7.92. The van der Waals surface area contributed by atoms with Crippen molar-refractivity contribution < 1.29 is 13.9 Å². The molecular weight excluding hydrogens is 183 g/mol. The second-order valence-electron chi connectivity index (χ2n) is 3.62. The molecule has 0 aliphatic heterocycles. The van der Waals surface area contributed by atoms with Gasteiger partial charge in [-0.1, -0.05) is 6.07 Å². The standard InChI is InChI=1S/C11H11FO2/c1-14-10-6-8(2-3-9(10)12)11(7-13)4-5-11/h2-3,6-7H,4-5H2,1H3. The van der Waals surface area contributed by atoms with Gasteiger partial charge >= 0.3 is 0 Å². The fraction of sp³-hybridized carbons (Fsp3) is 0.364. The highest BCUT2D eigenvalue weighted by Gasteiger charge is 2.44. The number of aldehydes is 1. The Morgan fingerprint density at radius 2 is 2.21 bits per heavy atom. The van der Waals surface area contributed by atoms with Gasteiger partial charge in [0.15, 0.2) is 11.6 Å². The number of carbonyl (C=O) groups excluding carboxylic acids is 1. The van der Waals surface area contributed by atoms with Crippen LogP contribution in [0, 0.1) is 5.82 Å². The van der Waals surface area contributed by atoms with E-state index in [9.17, 15) is 9.18 Å². The van der Waals surface area contributed by atoms with Crippen LogP contribution >= 0.6 is 0 Å². The van der Waals surface area contributed by atoms with Gasteiger partial charge in [0.2, 0.25) is 0 Å². The molecule has 2 nitrogen and oxygen atoms in total. The SMILES string of the molecule is COc1cc(C2(C=O)CC2)ccc1F. The van der Waals surface area contributed by atoms with Crippen LogP contribution in [-0.4, -0.2) is 13.4 Å². The van der Waals surface area contributed by atoms with Crippen LogP contribution < -0.4 is 4.74 Å². The largest absolute Gasteiger partial charge is 0.494 e. The number of rotatable bonds is 3. The van der Waals surface area contributed by atoms with Gasteiger partial charge in [-0.3, -0.25) is 0 Å². The van der Waals surface area contributed by atoms with Gasteiger partial charge in [-0.25, -0.2) is 4.39 Å². The lowest BCUT2D eigenvalue weighted by Crippen LogP contribution is -2.08. The van der Waals surface area contributed by atoms with E-state index in [-0.39, 0.29) is 11.2 Å². The van der Waals surface area contributed by atoms with Crippen molar-refractivity contribution in [1.29, 1.82) is 0 Å². The molecule has 1 aromatic rings. The zero-order valence-corrected chi connectivity index (χ0v) is 7.92. The third-order valence-corrected chi connectivity index (χ3v) is 2.74. The monoisotopic (exact) mass is 194 g/mol. The Morgan fingerprint density at radius 1 is 1.50 bits per heavy atom. The molecule has 1 saturated carbocycles. The molecule has 2 rings (SSSR count). The third kappa shape index (κ3) is 1.29. The van der Waals surface area contributed by atoms with Gasteiger partial charge in [0, 0.05) is 0 Å². The van der Waals surface area contributed by atoms with Crippen LogP contribution in [0.5, 0.6) is 5.75 Å².